The number of rotatable bonds is 3. The van der Waals surface area contributed by atoms with E-state index in [-0.39, 0.29) is 0 Å². The molecule has 2 fully saturated rings. The Morgan fingerprint density at radius 1 is 0.941 bits per heavy atom. The molecule has 1 N–H and O–H groups in total. The van der Waals surface area contributed by atoms with Crippen LogP contribution in [0.15, 0.2) is 0 Å². The molecule has 0 aromatic rings. The van der Waals surface area contributed by atoms with Gasteiger partial charge < -0.3 is 5.11 Å². The average Bonchev–Trinajstić information content (AvgIpc) is 2.29. The predicted molar refractivity (Wildman–Crippen MR) is 71.1 cm³/mol. The van der Waals surface area contributed by atoms with E-state index in [0.29, 0.717) is 6.61 Å². The zero-order chi connectivity index (χ0) is 12.3. The fourth-order valence-electron chi connectivity index (χ4n) is 3.70. The van der Waals surface area contributed by atoms with Gasteiger partial charge >= 0.3 is 0 Å². The fourth-order valence-corrected chi connectivity index (χ4v) is 3.70. The van der Waals surface area contributed by atoms with Crippen molar-refractivity contribution in [1.29, 1.82) is 0 Å². The van der Waals surface area contributed by atoms with Gasteiger partial charge in [0.2, 0.25) is 0 Å². The Kier molecular flexibility index (Phi) is 4.83. The number of hydrogen-bond donors (Lipinski definition) is 1. The van der Waals surface area contributed by atoms with E-state index in [2.05, 4.69) is 23.6 Å². The van der Waals surface area contributed by atoms with E-state index in [9.17, 15) is 0 Å². The molecule has 2 atom stereocenters. The van der Waals surface area contributed by atoms with E-state index in [4.69, 9.17) is 5.11 Å². The summed E-state index contributed by atoms with van der Waals surface area (Å²) in [6.45, 7) is 10.6. The van der Waals surface area contributed by atoms with Gasteiger partial charge in [-0.3, -0.25) is 9.80 Å². The molecule has 2 rings (SSSR count). The molecule has 3 heteroatoms. The summed E-state index contributed by atoms with van der Waals surface area (Å²) in [5, 5.41) is 8.95. The second-order valence-electron chi connectivity index (χ2n) is 6.17. The van der Waals surface area contributed by atoms with Crippen molar-refractivity contribution in [2.24, 2.45) is 11.8 Å². The van der Waals surface area contributed by atoms with Crippen molar-refractivity contribution in [3.8, 4) is 0 Å². The standard InChI is InChI=1S/C14H28N2O/c1-12-9-13(2)11-14(10-12)16-5-3-15(4-6-16)7-8-17/h12-14,17H,3-11H2,1-2H3. The Bertz CT molecular complexity index is 216. The molecule has 0 amide bonds. The summed E-state index contributed by atoms with van der Waals surface area (Å²) in [6, 6.07) is 0.824. The number of piperazine rings is 1. The molecule has 2 unspecified atom stereocenters. The third-order valence-corrected chi connectivity index (χ3v) is 4.49. The van der Waals surface area contributed by atoms with Crippen molar-refractivity contribution in [2.75, 3.05) is 39.3 Å². The van der Waals surface area contributed by atoms with Crippen molar-refractivity contribution in [2.45, 2.75) is 39.2 Å². The highest BCUT2D eigenvalue weighted by Crippen LogP contribution is 2.31. The second-order valence-corrected chi connectivity index (χ2v) is 6.17. The molecule has 0 radical (unpaired) electrons. The van der Waals surface area contributed by atoms with Gasteiger partial charge in [-0.15, -0.1) is 0 Å². The lowest BCUT2D eigenvalue weighted by molar-refractivity contribution is 0.0503. The van der Waals surface area contributed by atoms with Crippen molar-refractivity contribution in [3.05, 3.63) is 0 Å². The Morgan fingerprint density at radius 3 is 2.06 bits per heavy atom. The lowest BCUT2D eigenvalue weighted by Crippen LogP contribution is -2.52. The molecule has 0 aromatic heterocycles. The Labute approximate surface area is 106 Å². The van der Waals surface area contributed by atoms with Crippen LogP contribution in [0, 0.1) is 11.8 Å². The van der Waals surface area contributed by atoms with E-state index in [1.54, 1.807) is 0 Å². The number of hydrogen-bond acceptors (Lipinski definition) is 3. The average molecular weight is 240 g/mol. The van der Waals surface area contributed by atoms with E-state index in [1.165, 1.54) is 32.4 Å². The second kappa shape index (κ2) is 6.17. The minimum absolute atomic E-state index is 0.303. The maximum absolute atomic E-state index is 8.95. The smallest absolute Gasteiger partial charge is 0.0558 e. The maximum atomic E-state index is 8.95. The molecular weight excluding hydrogens is 212 g/mol. The third-order valence-electron chi connectivity index (χ3n) is 4.49. The van der Waals surface area contributed by atoms with Crippen molar-refractivity contribution in [1.82, 2.24) is 9.80 Å². The van der Waals surface area contributed by atoms with Crippen LogP contribution in [0.25, 0.3) is 0 Å². The Morgan fingerprint density at radius 2 is 1.53 bits per heavy atom. The molecule has 0 bridgehead atoms. The molecular formula is C14H28N2O. The van der Waals surface area contributed by atoms with Gasteiger partial charge in [0.25, 0.3) is 0 Å². The van der Waals surface area contributed by atoms with Gasteiger partial charge in [-0.1, -0.05) is 13.8 Å². The summed E-state index contributed by atoms with van der Waals surface area (Å²) in [4.78, 5) is 5.08. The summed E-state index contributed by atoms with van der Waals surface area (Å²) in [6.07, 6.45) is 4.20. The topological polar surface area (TPSA) is 26.7 Å². The minimum atomic E-state index is 0.303. The quantitative estimate of drug-likeness (QED) is 0.808. The van der Waals surface area contributed by atoms with Crippen molar-refractivity contribution < 1.29 is 5.11 Å². The first-order chi connectivity index (χ1) is 8.19. The van der Waals surface area contributed by atoms with Crippen LogP contribution in [-0.2, 0) is 0 Å². The van der Waals surface area contributed by atoms with Crippen LogP contribution >= 0.6 is 0 Å². The molecule has 3 nitrogen and oxygen atoms in total. The zero-order valence-corrected chi connectivity index (χ0v) is 11.4. The number of β-amino-alcohol motifs (C(OH)–C–C–N with tert-alkyl or cyclic N) is 1. The first-order valence-corrected chi connectivity index (χ1v) is 7.26. The molecule has 1 saturated heterocycles. The molecule has 1 aliphatic carbocycles. The lowest BCUT2D eigenvalue weighted by Gasteiger charge is -2.43. The monoisotopic (exact) mass is 240 g/mol. The summed E-state index contributed by atoms with van der Waals surface area (Å²) in [7, 11) is 0. The van der Waals surface area contributed by atoms with Gasteiger partial charge in [-0.25, -0.2) is 0 Å². The highest BCUT2D eigenvalue weighted by molar-refractivity contribution is 4.84. The molecule has 2 aliphatic rings. The van der Waals surface area contributed by atoms with Crippen LogP contribution < -0.4 is 0 Å². The lowest BCUT2D eigenvalue weighted by atomic mass is 9.79. The van der Waals surface area contributed by atoms with Crippen LogP contribution in [0.4, 0.5) is 0 Å². The molecule has 17 heavy (non-hydrogen) atoms. The zero-order valence-electron chi connectivity index (χ0n) is 11.4. The number of nitrogens with zero attached hydrogens (tertiary/aromatic N) is 2. The van der Waals surface area contributed by atoms with E-state index in [0.717, 1.165) is 37.5 Å². The first kappa shape index (κ1) is 13.3. The highest BCUT2D eigenvalue weighted by atomic mass is 16.3. The van der Waals surface area contributed by atoms with Crippen molar-refractivity contribution in [3.63, 3.8) is 0 Å². The van der Waals surface area contributed by atoms with Gasteiger partial charge in [0.1, 0.15) is 0 Å². The number of aliphatic hydroxyl groups is 1. The SMILES string of the molecule is CC1CC(C)CC(N2CCN(CCO)CC2)C1. The van der Waals surface area contributed by atoms with Crippen LogP contribution in [-0.4, -0.2) is 60.3 Å². The van der Waals surface area contributed by atoms with Crippen molar-refractivity contribution >= 4 is 0 Å². The van der Waals surface area contributed by atoms with Crippen LogP contribution in [0.1, 0.15) is 33.1 Å². The van der Waals surface area contributed by atoms with Gasteiger partial charge in [0.05, 0.1) is 6.61 Å². The van der Waals surface area contributed by atoms with Crippen LogP contribution in [0.2, 0.25) is 0 Å². The summed E-state index contributed by atoms with van der Waals surface area (Å²) in [5.74, 6) is 1.80. The van der Waals surface area contributed by atoms with Gasteiger partial charge in [-0.2, -0.15) is 0 Å². The summed E-state index contributed by atoms with van der Waals surface area (Å²) in [5.41, 5.74) is 0. The highest BCUT2D eigenvalue weighted by Gasteiger charge is 2.30. The first-order valence-electron chi connectivity index (χ1n) is 7.26. The third kappa shape index (κ3) is 3.67. The molecule has 1 saturated carbocycles. The summed E-state index contributed by atoms with van der Waals surface area (Å²) < 4.78 is 0. The molecule has 1 aliphatic heterocycles. The normalized spacial score (nSPS) is 37.2. The maximum Gasteiger partial charge on any atom is 0.0558 e. The Hall–Kier alpha value is -0.120. The van der Waals surface area contributed by atoms with E-state index in [1.807, 2.05) is 0 Å². The minimum Gasteiger partial charge on any atom is -0.395 e. The molecule has 0 aromatic carbocycles. The fraction of sp³-hybridized carbons (Fsp3) is 1.00. The van der Waals surface area contributed by atoms with Gasteiger partial charge in [0, 0.05) is 38.8 Å². The van der Waals surface area contributed by atoms with Gasteiger partial charge in [-0.05, 0) is 31.1 Å². The van der Waals surface area contributed by atoms with E-state index >= 15 is 0 Å². The molecule has 1 heterocycles. The van der Waals surface area contributed by atoms with E-state index < -0.39 is 0 Å². The Balaban J connectivity index is 1.79. The largest absolute Gasteiger partial charge is 0.395 e. The number of aliphatic hydroxyl groups excluding tert-OH is 1. The van der Waals surface area contributed by atoms with Crippen LogP contribution in [0.3, 0.4) is 0 Å². The van der Waals surface area contributed by atoms with Crippen LogP contribution in [0.5, 0.6) is 0 Å². The molecule has 100 valence electrons. The predicted octanol–water partition coefficient (Wildman–Crippen LogP) is 1.42. The molecule has 0 spiro atoms. The summed E-state index contributed by atoms with van der Waals surface area (Å²) >= 11 is 0. The van der Waals surface area contributed by atoms with Gasteiger partial charge in [0.15, 0.2) is 0 Å².